The van der Waals surface area contributed by atoms with Gasteiger partial charge >= 0.3 is 0 Å². The highest BCUT2D eigenvalue weighted by molar-refractivity contribution is 5.99. The molecule has 3 aromatic rings. The summed E-state index contributed by atoms with van der Waals surface area (Å²) >= 11 is 0. The highest BCUT2D eigenvalue weighted by Crippen LogP contribution is 2.20. The number of aromatic nitrogens is 1. The fourth-order valence-electron chi connectivity index (χ4n) is 4.48. The Hall–Kier alpha value is -4.24. The summed E-state index contributed by atoms with van der Waals surface area (Å²) in [5, 5.41) is 15.2. The lowest BCUT2D eigenvalue weighted by molar-refractivity contribution is -0.140. The van der Waals surface area contributed by atoms with Crippen molar-refractivity contribution in [2.75, 3.05) is 11.9 Å². The summed E-state index contributed by atoms with van der Waals surface area (Å²) in [6.07, 6.45) is 4.89. The molecule has 192 valence electrons. The number of nitrogens with two attached hydrogens (primary N) is 1. The Morgan fingerprint density at radius 1 is 0.973 bits per heavy atom. The van der Waals surface area contributed by atoms with Crippen LogP contribution in [0.2, 0.25) is 0 Å². The number of likely N-dealkylation sites (tertiary alicyclic amines) is 1. The molecule has 0 bridgehead atoms. The minimum absolute atomic E-state index is 0.137. The van der Waals surface area contributed by atoms with Gasteiger partial charge < -0.3 is 26.4 Å². The van der Waals surface area contributed by atoms with Crippen LogP contribution in [-0.2, 0) is 27.2 Å². The van der Waals surface area contributed by atoms with E-state index < -0.39 is 18.1 Å². The molecule has 3 atom stereocenters. The molecule has 1 saturated heterocycles. The molecule has 0 saturated carbocycles. The summed E-state index contributed by atoms with van der Waals surface area (Å²) in [5.41, 5.74) is 8.50. The maximum atomic E-state index is 13.4. The lowest BCUT2D eigenvalue weighted by Gasteiger charge is -2.28. The molecule has 0 aliphatic carbocycles. The molecule has 1 aromatic heterocycles. The summed E-state index contributed by atoms with van der Waals surface area (Å²) in [5.74, 6) is -0.915. The van der Waals surface area contributed by atoms with Crippen LogP contribution in [0, 0.1) is 0 Å². The van der Waals surface area contributed by atoms with Gasteiger partial charge in [-0.25, -0.2) is 0 Å². The van der Waals surface area contributed by atoms with E-state index in [0.717, 1.165) is 11.1 Å². The summed E-state index contributed by atoms with van der Waals surface area (Å²) < 4.78 is 0. The van der Waals surface area contributed by atoms with Gasteiger partial charge in [-0.05, 0) is 54.7 Å². The Kier molecular flexibility index (Phi) is 8.48. The zero-order valence-electron chi connectivity index (χ0n) is 20.4. The molecule has 2 aromatic carbocycles. The van der Waals surface area contributed by atoms with Crippen molar-refractivity contribution in [3.63, 3.8) is 0 Å². The lowest BCUT2D eigenvalue weighted by atomic mass is 10.0. The van der Waals surface area contributed by atoms with Crippen molar-refractivity contribution < 1.29 is 19.5 Å². The second-order valence-corrected chi connectivity index (χ2v) is 9.14. The van der Waals surface area contributed by atoms with Crippen molar-refractivity contribution >= 4 is 23.4 Å². The van der Waals surface area contributed by atoms with Crippen molar-refractivity contribution in [3.05, 3.63) is 90.3 Å². The van der Waals surface area contributed by atoms with E-state index in [1.807, 2.05) is 30.3 Å². The van der Waals surface area contributed by atoms with Crippen molar-refractivity contribution in [3.8, 4) is 5.75 Å². The van der Waals surface area contributed by atoms with Gasteiger partial charge in [0.05, 0.1) is 6.04 Å². The highest BCUT2D eigenvalue weighted by Gasteiger charge is 2.37. The van der Waals surface area contributed by atoms with E-state index in [9.17, 15) is 19.5 Å². The van der Waals surface area contributed by atoms with Crippen LogP contribution in [0.3, 0.4) is 0 Å². The average molecular weight is 502 g/mol. The van der Waals surface area contributed by atoms with E-state index in [2.05, 4.69) is 15.6 Å². The van der Waals surface area contributed by atoms with Gasteiger partial charge in [-0.15, -0.1) is 0 Å². The van der Waals surface area contributed by atoms with E-state index in [4.69, 9.17) is 5.73 Å². The Balaban J connectivity index is 1.44. The molecule has 5 N–H and O–H groups in total. The van der Waals surface area contributed by atoms with Crippen molar-refractivity contribution in [1.82, 2.24) is 15.2 Å². The van der Waals surface area contributed by atoms with Crippen LogP contribution in [0.4, 0.5) is 5.69 Å². The molecule has 1 aliphatic heterocycles. The molecule has 2 heterocycles. The third kappa shape index (κ3) is 6.92. The Morgan fingerprint density at radius 3 is 2.35 bits per heavy atom. The highest BCUT2D eigenvalue weighted by atomic mass is 16.3. The molecular formula is C28H31N5O4. The number of nitrogens with zero attached hydrogens (tertiary/aromatic N) is 2. The van der Waals surface area contributed by atoms with E-state index in [-0.39, 0.29) is 29.9 Å². The van der Waals surface area contributed by atoms with Crippen molar-refractivity contribution in [2.45, 2.75) is 43.8 Å². The molecule has 0 unspecified atom stereocenters. The molecule has 1 aliphatic rings. The van der Waals surface area contributed by atoms with Gasteiger partial charge in [0.15, 0.2) is 0 Å². The number of pyridine rings is 1. The van der Waals surface area contributed by atoms with E-state index in [1.165, 1.54) is 4.90 Å². The first-order chi connectivity index (χ1) is 17.9. The number of hydrogen-bond donors (Lipinski definition) is 4. The van der Waals surface area contributed by atoms with Crippen LogP contribution in [-0.4, -0.2) is 57.4 Å². The number of aromatic hydroxyl groups is 1. The molecule has 0 radical (unpaired) electrons. The molecule has 1 fully saturated rings. The van der Waals surface area contributed by atoms with E-state index in [0.29, 0.717) is 31.5 Å². The second kappa shape index (κ2) is 12.1. The van der Waals surface area contributed by atoms with Gasteiger partial charge in [0, 0.05) is 31.0 Å². The number of amides is 3. The number of phenolic OH excluding ortho intramolecular Hbond substituents is 1. The molecule has 37 heavy (non-hydrogen) atoms. The first-order valence-corrected chi connectivity index (χ1v) is 12.3. The monoisotopic (exact) mass is 501 g/mol. The summed E-state index contributed by atoms with van der Waals surface area (Å²) in [6, 6.07) is 16.9. The number of rotatable bonds is 9. The lowest BCUT2D eigenvalue weighted by Crippen LogP contribution is -2.55. The zero-order chi connectivity index (χ0) is 26.2. The molecule has 9 heteroatoms. The normalized spacial score (nSPS) is 16.6. The Morgan fingerprint density at radius 2 is 1.65 bits per heavy atom. The summed E-state index contributed by atoms with van der Waals surface area (Å²) in [6.45, 7) is 0.423. The molecule has 9 nitrogen and oxygen atoms in total. The minimum Gasteiger partial charge on any atom is -0.508 e. The number of nitrogens with one attached hydrogen (secondary N) is 2. The van der Waals surface area contributed by atoms with Crippen LogP contribution < -0.4 is 16.4 Å². The number of carbonyl (C=O) groups excluding carboxylic acids is 3. The van der Waals surface area contributed by atoms with Gasteiger partial charge in [0.1, 0.15) is 17.8 Å². The summed E-state index contributed by atoms with van der Waals surface area (Å²) in [4.78, 5) is 45.2. The second-order valence-electron chi connectivity index (χ2n) is 9.14. The third-order valence-electron chi connectivity index (χ3n) is 6.41. The van der Waals surface area contributed by atoms with Gasteiger partial charge in [-0.3, -0.25) is 19.4 Å². The predicted molar refractivity (Wildman–Crippen MR) is 139 cm³/mol. The fraction of sp³-hybridized carbons (Fsp3) is 0.286. The maximum absolute atomic E-state index is 13.4. The van der Waals surface area contributed by atoms with Crippen molar-refractivity contribution in [1.29, 1.82) is 0 Å². The van der Waals surface area contributed by atoms with Gasteiger partial charge in [-0.2, -0.15) is 0 Å². The Labute approximate surface area is 215 Å². The third-order valence-corrected chi connectivity index (χ3v) is 6.41. The van der Waals surface area contributed by atoms with Crippen LogP contribution in [0.1, 0.15) is 24.0 Å². The molecule has 4 rings (SSSR count). The molecular weight excluding hydrogens is 470 g/mol. The van der Waals surface area contributed by atoms with Gasteiger partial charge in [-0.1, -0.05) is 42.5 Å². The quantitative estimate of drug-likeness (QED) is 0.354. The van der Waals surface area contributed by atoms with Crippen molar-refractivity contribution in [2.24, 2.45) is 5.73 Å². The average Bonchev–Trinajstić information content (AvgIpc) is 3.40. The fourth-order valence-corrected chi connectivity index (χ4v) is 4.48. The topological polar surface area (TPSA) is 138 Å². The first kappa shape index (κ1) is 25.8. The van der Waals surface area contributed by atoms with Crippen LogP contribution in [0.5, 0.6) is 5.75 Å². The SMILES string of the molecule is N[C@@H](Cc1ccc(O)cc1)C(=O)N1CCC[C@H]1C(=O)N[C@@H](Cc1ccccc1)C(=O)Nc1ccncc1. The number of benzene rings is 2. The predicted octanol–water partition coefficient (Wildman–Crippen LogP) is 2.01. The maximum Gasteiger partial charge on any atom is 0.247 e. The number of phenols is 1. The zero-order valence-corrected chi connectivity index (χ0v) is 20.4. The van der Waals surface area contributed by atoms with Crippen LogP contribution in [0.15, 0.2) is 79.1 Å². The molecule has 3 amide bonds. The van der Waals surface area contributed by atoms with E-state index in [1.54, 1.807) is 48.8 Å². The number of hydrogen-bond acceptors (Lipinski definition) is 6. The Bertz CT molecular complexity index is 1200. The van der Waals surface area contributed by atoms with Crippen LogP contribution in [0.25, 0.3) is 0 Å². The minimum atomic E-state index is -0.841. The largest absolute Gasteiger partial charge is 0.508 e. The van der Waals surface area contributed by atoms with Gasteiger partial charge in [0.2, 0.25) is 17.7 Å². The standard InChI is InChI=1S/C28H31N5O4/c29-23(17-20-8-10-22(34)11-9-20)28(37)33-16-4-7-25(33)27(36)32-24(18-19-5-2-1-3-6-19)26(35)31-21-12-14-30-15-13-21/h1-3,5-6,8-15,23-25,34H,4,7,16-18,29H2,(H,32,36)(H,30,31,35)/t23-,24-,25-/m0/s1. The molecule has 0 spiro atoms. The smallest absolute Gasteiger partial charge is 0.247 e. The van der Waals surface area contributed by atoms with Gasteiger partial charge in [0.25, 0.3) is 0 Å². The number of anilines is 1. The number of carbonyl (C=O) groups is 3. The van der Waals surface area contributed by atoms with Crippen LogP contribution >= 0.6 is 0 Å². The first-order valence-electron chi connectivity index (χ1n) is 12.3. The van der Waals surface area contributed by atoms with E-state index >= 15 is 0 Å². The summed E-state index contributed by atoms with van der Waals surface area (Å²) in [7, 11) is 0.